The molecular weight excluding hydrogens is 526 g/mol. The van der Waals surface area contributed by atoms with Gasteiger partial charge in [0, 0.05) is 52.3 Å². The number of benzene rings is 1. The number of aliphatic hydroxyl groups excluding tert-OH is 1. The molecule has 2 amide bonds. The van der Waals surface area contributed by atoms with Gasteiger partial charge in [0.1, 0.15) is 12.0 Å². The van der Waals surface area contributed by atoms with Gasteiger partial charge in [-0.15, -0.1) is 0 Å². The lowest BCUT2D eigenvalue weighted by atomic mass is 9.91. The third-order valence-electron chi connectivity index (χ3n) is 8.23. The SMILES string of the molecule is COC(OC)C1CCN(c2cc([C@@H](C(=O)N3C[C@H](O)C[C@H]3C(=O)N[C@@H](C)c3ccc(C#N)cc3)C(C)C)on2)CC1. The first-order chi connectivity index (χ1) is 19.7. The molecule has 2 aliphatic rings. The number of methoxy groups -OCH3 is 2. The van der Waals surface area contributed by atoms with Gasteiger partial charge in [0.15, 0.2) is 17.9 Å². The molecule has 2 N–H and O–H groups in total. The highest BCUT2D eigenvalue weighted by Crippen LogP contribution is 2.34. The Kier molecular flexibility index (Phi) is 10.0. The van der Waals surface area contributed by atoms with Crippen molar-refractivity contribution in [1.29, 1.82) is 5.26 Å². The van der Waals surface area contributed by atoms with Crippen LogP contribution in [0.5, 0.6) is 0 Å². The minimum Gasteiger partial charge on any atom is -0.391 e. The van der Waals surface area contributed by atoms with Crippen LogP contribution in [0.4, 0.5) is 5.82 Å². The molecule has 2 fully saturated rings. The molecule has 1 aromatic carbocycles. The van der Waals surface area contributed by atoms with Gasteiger partial charge in [-0.3, -0.25) is 9.59 Å². The maximum absolute atomic E-state index is 13.9. The minimum atomic E-state index is -0.810. The summed E-state index contributed by atoms with van der Waals surface area (Å²) in [7, 11) is 3.30. The van der Waals surface area contributed by atoms with Crippen molar-refractivity contribution in [3.8, 4) is 6.07 Å². The van der Waals surface area contributed by atoms with Crippen molar-refractivity contribution in [3.05, 3.63) is 47.2 Å². The van der Waals surface area contributed by atoms with Gasteiger partial charge in [0.25, 0.3) is 0 Å². The molecule has 4 atom stereocenters. The number of hydrogen-bond donors (Lipinski definition) is 2. The molecule has 41 heavy (non-hydrogen) atoms. The van der Waals surface area contributed by atoms with Crippen LogP contribution >= 0.6 is 0 Å². The number of carbonyl (C=O) groups is 2. The molecule has 1 aromatic heterocycles. The predicted molar refractivity (Wildman–Crippen MR) is 151 cm³/mol. The number of rotatable bonds is 10. The van der Waals surface area contributed by atoms with Gasteiger partial charge in [0.05, 0.1) is 23.8 Å². The summed E-state index contributed by atoms with van der Waals surface area (Å²) in [5.41, 5.74) is 1.38. The Labute approximate surface area is 241 Å². The fraction of sp³-hybridized carbons (Fsp3) is 0.600. The standard InChI is InChI=1S/C30H41N5O6/c1-18(2)27(25-15-26(33-41-25)34-12-10-22(11-13-34)30(39-4)40-5)29(38)35-17-23(36)14-24(35)28(37)32-19(3)21-8-6-20(16-31)7-9-21/h6-9,15,18-19,22-24,27,30,36H,10-14,17H2,1-5H3,(H,32,37)/t19-,23+,24-,27-/m0/s1. The Balaban J connectivity index is 1.45. The maximum Gasteiger partial charge on any atom is 0.243 e. The van der Waals surface area contributed by atoms with Crippen molar-refractivity contribution in [2.75, 3.05) is 38.8 Å². The van der Waals surface area contributed by atoms with E-state index in [9.17, 15) is 14.7 Å². The number of nitrogens with zero attached hydrogens (tertiary/aromatic N) is 4. The number of anilines is 1. The molecule has 2 saturated heterocycles. The van der Waals surface area contributed by atoms with Crippen LogP contribution < -0.4 is 10.2 Å². The van der Waals surface area contributed by atoms with Crippen molar-refractivity contribution in [3.63, 3.8) is 0 Å². The number of piperidine rings is 1. The second-order valence-electron chi connectivity index (χ2n) is 11.3. The zero-order valence-electron chi connectivity index (χ0n) is 24.4. The molecule has 0 radical (unpaired) electrons. The first-order valence-electron chi connectivity index (χ1n) is 14.2. The highest BCUT2D eigenvalue weighted by molar-refractivity contribution is 5.91. The molecule has 11 heteroatoms. The predicted octanol–water partition coefficient (Wildman–Crippen LogP) is 2.96. The third-order valence-corrected chi connectivity index (χ3v) is 8.23. The van der Waals surface area contributed by atoms with Crippen molar-refractivity contribution in [2.45, 2.75) is 70.4 Å². The third kappa shape index (κ3) is 6.89. The number of nitriles is 1. The summed E-state index contributed by atoms with van der Waals surface area (Å²) in [5.74, 6) is 0.0272. The zero-order chi connectivity index (χ0) is 29.7. The van der Waals surface area contributed by atoms with Gasteiger partial charge in [-0.05, 0) is 43.4 Å². The largest absolute Gasteiger partial charge is 0.391 e. The lowest BCUT2D eigenvalue weighted by molar-refractivity contribution is -0.141. The summed E-state index contributed by atoms with van der Waals surface area (Å²) < 4.78 is 16.6. The summed E-state index contributed by atoms with van der Waals surface area (Å²) in [6.07, 6.45) is 0.876. The van der Waals surface area contributed by atoms with Gasteiger partial charge < -0.3 is 34.2 Å². The van der Waals surface area contributed by atoms with E-state index in [1.54, 1.807) is 38.5 Å². The van der Waals surface area contributed by atoms with E-state index in [4.69, 9.17) is 19.3 Å². The molecule has 2 aromatic rings. The molecule has 11 nitrogen and oxygen atoms in total. The first-order valence-corrected chi connectivity index (χ1v) is 14.2. The van der Waals surface area contributed by atoms with Crippen LogP contribution in [0.25, 0.3) is 0 Å². The molecule has 0 spiro atoms. The minimum absolute atomic E-state index is 0.0695. The van der Waals surface area contributed by atoms with Crippen molar-refractivity contribution in [1.82, 2.24) is 15.4 Å². The summed E-state index contributed by atoms with van der Waals surface area (Å²) in [6, 6.07) is 9.74. The van der Waals surface area contributed by atoms with Crippen LogP contribution in [0, 0.1) is 23.2 Å². The van der Waals surface area contributed by atoms with Crippen molar-refractivity contribution in [2.24, 2.45) is 11.8 Å². The van der Waals surface area contributed by atoms with Crippen LogP contribution in [0.15, 0.2) is 34.9 Å². The molecule has 4 rings (SSSR count). The monoisotopic (exact) mass is 567 g/mol. The smallest absolute Gasteiger partial charge is 0.243 e. The lowest BCUT2D eigenvalue weighted by Gasteiger charge is -2.34. The topological polar surface area (TPSA) is 141 Å². The molecule has 222 valence electrons. The van der Waals surface area contributed by atoms with Gasteiger partial charge in [-0.25, -0.2) is 0 Å². The summed E-state index contributed by atoms with van der Waals surface area (Å²) >= 11 is 0. The Hall–Kier alpha value is -3.46. The Morgan fingerprint density at radius 2 is 1.80 bits per heavy atom. The number of nitrogens with one attached hydrogen (secondary N) is 1. The quantitative estimate of drug-likeness (QED) is 0.415. The summed E-state index contributed by atoms with van der Waals surface area (Å²) in [4.78, 5) is 30.9. The average molecular weight is 568 g/mol. The second kappa shape index (κ2) is 13.5. The van der Waals surface area contributed by atoms with E-state index in [2.05, 4.69) is 21.4 Å². The van der Waals surface area contributed by atoms with Gasteiger partial charge >= 0.3 is 0 Å². The number of β-amino-alcohol motifs (C(OH)–C–C–N with tert-alkyl or cyclic N) is 1. The number of amides is 2. The lowest BCUT2D eigenvalue weighted by Crippen LogP contribution is -2.48. The van der Waals surface area contributed by atoms with E-state index < -0.39 is 18.1 Å². The fourth-order valence-corrected chi connectivity index (χ4v) is 5.92. The molecule has 3 heterocycles. The van der Waals surface area contributed by atoms with E-state index >= 15 is 0 Å². The van der Waals surface area contributed by atoms with E-state index in [-0.39, 0.29) is 43.0 Å². The number of hydrogen-bond acceptors (Lipinski definition) is 9. The highest BCUT2D eigenvalue weighted by atomic mass is 16.7. The van der Waals surface area contributed by atoms with E-state index in [1.807, 2.05) is 26.8 Å². The van der Waals surface area contributed by atoms with Crippen molar-refractivity contribution < 1.29 is 28.7 Å². The summed E-state index contributed by atoms with van der Waals surface area (Å²) in [5, 5.41) is 26.8. The number of carbonyl (C=O) groups excluding carboxylic acids is 2. The van der Waals surface area contributed by atoms with Crippen molar-refractivity contribution >= 4 is 17.6 Å². The molecule has 0 saturated carbocycles. The van der Waals surface area contributed by atoms with Crippen LogP contribution in [0.3, 0.4) is 0 Å². The molecule has 0 bridgehead atoms. The Bertz CT molecular complexity index is 1210. The molecule has 0 aliphatic carbocycles. The number of aromatic nitrogens is 1. The zero-order valence-corrected chi connectivity index (χ0v) is 24.4. The fourth-order valence-electron chi connectivity index (χ4n) is 5.92. The van der Waals surface area contributed by atoms with Crippen LogP contribution in [0.1, 0.15) is 68.9 Å². The van der Waals surface area contributed by atoms with Crippen LogP contribution in [-0.4, -0.2) is 79.3 Å². The van der Waals surface area contributed by atoms with Gasteiger partial charge in [0.2, 0.25) is 11.8 Å². The maximum atomic E-state index is 13.9. The summed E-state index contributed by atoms with van der Waals surface area (Å²) in [6.45, 7) is 7.30. The van der Waals surface area contributed by atoms with E-state index in [0.29, 0.717) is 23.1 Å². The highest BCUT2D eigenvalue weighted by Gasteiger charge is 2.43. The van der Waals surface area contributed by atoms with Gasteiger partial charge in [-0.1, -0.05) is 31.1 Å². The Morgan fingerprint density at radius 3 is 2.39 bits per heavy atom. The second-order valence-corrected chi connectivity index (χ2v) is 11.3. The van der Waals surface area contributed by atoms with E-state index in [0.717, 1.165) is 31.5 Å². The van der Waals surface area contributed by atoms with Crippen LogP contribution in [0.2, 0.25) is 0 Å². The van der Waals surface area contributed by atoms with Gasteiger partial charge in [-0.2, -0.15) is 5.26 Å². The number of aliphatic hydroxyl groups is 1. The van der Waals surface area contributed by atoms with Crippen LogP contribution in [-0.2, 0) is 19.1 Å². The van der Waals surface area contributed by atoms with E-state index in [1.165, 1.54) is 4.90 Å². The average Bonchev–Trinajstić information content (AvgIpc) is 3.61. The molecular formula is C30H41N5O6. The molecule has 0 unspecified atom stereocenters. The normalized spacial score (nSPS) is 21.2. The Morgan fingerprint density at radius 1 is 1.15 bits per heavy atom. The number of ether oxygens (including phenoxy) is 2. The molecule has 2 aliphatic heterocycles. The first kappa shape index (κ1) is 30.5. The number of likely N-dealkylation sites (tertiary alicyclic amines) is 1.